The number of carbonyl (C=O) groups is 1. The van der Waals surface area contributed by atoms with Gasteiger partial charge in [0.25, 0.3) is 5.91 Å². The van der Waals surface area contributed by atoms with E-state index < -0.39 is 6.10 Å². The molecule has 2 N–H and O–H groups in total. The zero-order valence-electron chi connectivity index (χ0n) is 13.1. The smallest absolute Gasteiger partial charge is 0.251 e. The Morgan fingerprint density at radius 3 is 2.45 bits per heavy atom. The van der Waals surface area contributed by atoms with Crippen LogP contribution in [-0.2, 0) is 0 Å². The van der Waals surface area contributed by atoms with Crippen LogP contribution in [0.25, 0.3) is 0 Å². The number of ether oxygens (including phenoxy) is 1. The fraction of sp³-hybridized carbons (Fsp3) is 0.278. The number of hydrogen-bond acceptors (Lipinski definition) is 3. The van der Waals surface area contributed by atoms with Crippen molar-refractivity contribution in [2.45, 2.75) is 20.0 Å². The predicted molar refractivity (Wildman–Crippen MR) is 86.2 cm³/mol. The number of methoxy groups -OCH3 is 1. The molecule has 0 fully saturated rings. The fourth-order valence-electron chi connectivity index (χ4n) is 2.30. The summed E-state index contributed by atoms with van der Waals surface area (Å²) in [6, 6.07) is 12.8. The summed E-state index contributed by atoms with van der Waals surface area (Å²) < 4.78 is 5.08. The number of aliphatic hydroxyl groups excluding tert-OH is 1. The van der Waals surface area contributed by atoms with Crippen LogP contribution < -0.4 is 10.1 Å². The molecular formula is C18H21NO3. The summed E-state index contributed by atoms with van der Waals surface area (Å²) in [5, 5.41) is 12.9. The summed E-state index contributed by atoms with van der Waals surface area (Å²) in [5.74, 6) is 0.556. The third-order valence-corrected chi connectivity index (χ3v) is 3.58. The molecule has 0 aliphatic carbocycles. The largest absolute Gasteiger partial charge is 0.497 e. The maximum Gasteiger partial charge on any atom is 0.251 e. The van der Waals surface area contributed by atoms with Crippen molar-refractivity contribution in [3.8, 4) is 5.75 Å². The van der Waals surface area contributed by atoms with Crippen LogP contribution >= 0.6 is 0 Å². The number of nitrogens with one attached hydrogen (secondary N) is 1. The average Bonchev–Trinajstić information content (AvgIpc) is 2.52. The van der Waals surface area contributed by atoms with Crippen molar-refractivity contribution >= 4 is 5.91 Å². The monoisotopic (exact) mass is 299 g/mol. The van der Waals surface area contributed by atoms with Crippen LogP contribution in [0.4, 0.5) is 0 Å². The third kappa shape index (κ3) is 3.86. The Morgan fingerprint density at radius 1 is 1.18 bits per heavy atom. The van der Waals surface area contributed by atoms with Crippen molar-refractivity contribution in [3.05, 3.63) is 64.7 Å². The lowest BCUT2D eigenvalue weighted by atomic mass is 10.0. The molecule has 0 saturated carbocycles. The van der Waals surface area contributed by atoms with Crippen LogP contribution in [0.1, 0.15) is 33.2 Å². The van der Waals surface area contributed by atoms with Gasteiger partial charge in [0.05, 0.1) is 13.2 Å². The quantitative estimate of drug-likeness (QED) is 0.892. The minimum atomic E-state index is -0.749. The molecule has 0 saturated heterocycles. The van der Waals surface area contributed by atoms with Crippen LogP contribution in [-0.4, -0.2) is 24.7 Å². The van der Waals surface area contributed by atoms with Gasteiger partial charge in [-0.2, -0.15) is 0 Å². The van der Waals surface area contributed by atoms with Gasteiger partial charge in [-0.3, -0.25) is 4.79 Å². The van der Waals surface area contributed by atoms with Crippen LogP contribution in [0.2, 0.25) is 0 Å². The van der Waals surface area contributed by atoms with E-state index in [2.05, 4.69) is 5.32 Å². The van der Waals surface area contributed by atoms with Gasteiger partial charge < -0.3 is 15.2 Å². The highest BCUT2D eigenvalue weighted by Gasteiger charge is 2.12. The molecule has 0 heterocycles. The fourth-order valence-corrected chi connectivity index (χ4v) is 2.30. The Balaban J connectivity index is 1.97. The van der Waals surface area contributed by atoms with Crippen molar-refractivity contribution < 1.29 is 14.6 Å². The van der Waals surface area contributed by atoms with E-state index in [1.54, 1.807) is 37.4 Å². The molecule has 0 spiro atoms. The van der Waals surface area contributed by atoms with E-state index in [1.807, 2.05) is 26.0 Å². The van der Waals surface area contributed by atoms with Gasteiger partial charge >= 0.3 is 0 Å². The van der Waals surface area contributed by atoms with Crippen LogP contribution in [0.15, 0.2) is 42.5 Å². The Labute approximate surface area is 130 Å². The number of carbonyl (C=O) groups excluding carboxylic acids is 1. The number of benzene rings is 2. The Hall–Kier alpha value is -2.33. The van der Waals surface area contributed by atoms with Crippen LogP contribution in [0.5, 0.6) is 5.75 Å². The van der Waals surface area contributed by atoms with Gasteiger partial charge in [0.1, 0.15) is 5.75 Å². The van der Waals surface area contributed by atoms with Gasteiger partial charge in [-0.25, -0.2) is 0 Å². The zero-order valence-corrected chi connectivity index (χ0v) is 13.1. The summed E-state index contributed by atoms with van der Waals surface area (Å²) >= 11 is 0. The zero-order chi connectivity index (χ0) is 16.1. The Kier molecular flexibility index (Phi) is 5.17. The number of aryl methyl sites for hydroxylation is 2. The second kappa shape index (κ2) is 7.09. The standard InChI is InChI=1S/C18H21NO3/c1-12-4-9-16(13(2)10-12)18(21)19-11-17(20)14-5-7-15(22-3)8-6-14/h4-10,17,20H,11H2,1-3H3,(H,19,21)/t17-/m0/s1. The summed E-state index contributed by atoms with van der Waals surface area (Å²) in [6.07, 6.45) is -0.749. The highest BCUT2D eigenvalue weighted by atomic mass is 16.5. The SMILES string of the molecule is COc1ccc([C@@H](O)CNC(=O)c2ccc(C)cc2C)cc1. The summed E-state index contributed by atoms with van der Waals surface area (Å²) in [4.78, 5) is 12.2. The molecule has 22 heavy (non-hydrogen) atoms. The third-order valence-electron chi connectivity index (χ3n) is 3.58. The van der Waals surface area contributed by atoms with E-state index in [4.69, 9.17) is 4.74 Å². The number of hydrogen-bond donors (Lipinski definition) is 2. The van der Waals surface area contributed by atoms with E-state index in [9.17, 15) is 9.90 Å². The van der Waals surface area contributed by atoms with Crippen molar-refractivity contribution in [1.82, 2.24) is 5.32 Å². The molecule has 4 heteroatoms. The lowest BCUT2D eigenvalue weighted by Gasteiger charge is -2.14. The van der Waals surface area contributed by atoms with E-state index >= 15 is 0 Å². The number of amides is 1. The maximum absolute atomic E-state index is 12.2. The van der Waals surface area contributed by atoms with E-state index in [0.717, 1.165) is 22.4 Å². The first-order valence-corrected chi connectivity index (χ1v) is 7.18. The average molecular weight is 299 g/mol. The van der Waals surface area contributed by atoms with Gasteiger partial charge in [-0.15, -0.1) is 0 Å². The van der Waals surface area contributed by atoms with Gasteiger partial charge in [-0.05, 0) is 43.2 Å². The molecular weight excluding hydrogens is 278 g/mol. The second-order valence-electron chi connectivity index (χ2n) is 5.32. The van der Waals surface area contributed by atoms with Gasteiger partial charge in [0, 0.05) is 12.1 Å². The minimum absolute atomic E-state index is 0.165. The van der Waals surface area contributed by atoms with Crippen LogP contribution in [0.3, 0.4) is 0 Å². The first-order valence-electron chi connectivity index (χ1n) is 7.18. The van der Waals surface area contributed by atoms with Gasteiger partial charge in [0.15, 0.2) is 0 Å². The molecule has 4 nitrogen and oxygen atoms in total. The van der Waals surface area contributed by atoms with Crippen molar-refractivity contribution in [1.29, 1.82) is 0 Å². The molecule has 0 bridgehead atoms. The summed E-state index contributed by atoms with van der Waals surface area (Å²) in [6.45, 7) is 4.06. The topological polar surface area (TPSA) is 58.6 Å². The van der Waals surface area contributed by atoms with Gasteiger partial charge in [0.2, 0.25) is 0 Å². The molecule has 116 valence electrons. The number of rotatable bonds is 5. The molecule has 2 rings (SSSR count). The van der Waals surface area contributed by atoms with Gasteiger partial charge in [-0.1, -0.05) is 29.8 Å². The molecule has 2 aromatic carbocycles. The molecule has 0 radical (unpaired) electrons. The van der Waals surface area contributed by atoms with E-state index in [-0.39, 0.29) is 12.5 Å². The van der Waals surface area contributed by atoms with Crippen molar-refractivity contribution in [3.63, 3.8) is 0 Å². The maximum atomic E-state index is 12.2. The first-order chi connectivity index (χ1) is 10.5. The summed E-state index contributed by atoms with van der Waals surface area (Å²) in [5.41, 5.74) is 3.41. The number of aliphatic hydroxyl groups is 1. The first kappa shape index (κ1) is 16.0. The molecule has 0 aliphatic heterocycles. The molecule has 0 unspecified atom stereocenters. The Morgan fingerprint density at radius 2 is 1.86 bits per heavy atom. The van der Waals surface area contributed by atoms with Crippen LogP contribution in [0, 0.1) is 13.8 Å². The molecule has 1 atom stereocenters. The van der Waals surface area contributed by atoms with Crippen molar-refractivity contribution in [2.75, 3.05) is 13.7 Å². The highest BCUT2D eigenvalue weighted by Crippen LogP contribution is 2.17. The normalized spacial score (nSPS) is 11.8. The highest BCUT2D eigenvalue weighted by molar-refractivity contribution is 5.95. The molecule has 1 amide bonds. The minimum Gasteiger partial charge on any atom is -0.497 e. The molecule has 2 aromatic rings. The lowest BCUT2D eigenvalue weighted by molar-refractivity contribution is 0.0915. The molecule has 0 aliphatic rings. The van der Waals surface area contributed by atoms with Crippen molar-refractivity contribution in [2.24, 2.45) is 0 Å². The molecule has 0 aromatic heterocycles. The van der Waals surface area contributed by atoms with E-state index in [1.165, 1.54) is 0 Å². The summed E-state index contributed by atoms with van der Waals surface area (Å²) in [7, 11) is 1.59. The second-order valence-corrected chi connectivity index (χ2v) is 5.32. The Bertz CT molecular complexity index is 650. The predicted octanol–water partition coefficient (Wildman–Crippen LogP) is 2.78. The van der Waals surface area contributed by atoms with E-state index in [0.29, 0.717) is 5.56 Å². The lowest BCUT2D eigenvalue weighted by Crippen LogP contribution is -2.28.